The van der Waals surface area contributed by atoms with E-state index in [1.165, 1.54) is 56.9 Å². The number of carbonyl (C=O) groups is 1. The van der Waals surface area contributed by atoms with Gasteiger partial charge < -0.3 is 13.9 Å². The summed E-state index contributed by atoms with van der Waals surface area (Å²) in [4.78, 5) is 25.3. The first-order valence-electron chi connectivity index (χ1n) is 18.7. The molecular weight excluding hydrogens is 572 g/mol. The summed E-state index contributed by atoms with van der Waals surface area (Å²) in [5.74, 6) is 5.15. The van der Waals surface area contributed by atoms with Gasteiger partial charge in [-0.05, 0) is 128 Å². The lowest BCUT2D eigenvalue weighted by molar-refractivity contribution is -0.153. The zero-order valence-corrected chi connectivity index (χ0v) is 29.0. The molecule has 0 bridgehead atoms. The van der Waals surface area contributed by atoms with Crippen LogP contribution in [0.5, 0.6) is 5.75 Å². The monoisotopic (exact) mass is 628 g/mol. The van der Waals surface area contributed by atoms with Gasteiger partial charge in [-0.2, -0.15) is 0 Å². The van der Waals surface area contributed by atoms with Gasteiger partial charge in [-0.1, -0.05) is 65.5 Å². The Morgan fingerprint density at radius 1 is 1.00 bits per heavy atom. The van der Waals surface area contributed by atoms with Crippen LogP contribution in [-0.4, -0.2) is 18.7 Å². The summed E-state index contributed by atoms with van der Waals surface area (Å²) in [6.07, 6.45) is 19.0. The minimum Gasteiger partial charge on any atom is -0.482 e. The van der Waals surface area contributed by atoms with Crippen LogP contribution in [0.15, 0.2) is 39.1 Å². The predicted octanol–water partition coefficient (Wildman–Crippen LogP) is 9.61. The Morgan fingerprint density at radius 2 is 1.83 bits per heavy atom. The summed E-state index contributed by atoms with van der Waals surface area (Å²) < 4.78 is 17.4. The SMILES string of the molecule is CC(C)CCC[C@@H](C)[C@@H]1CC[C@@H]2[C@@H]3CC=C4C[C@@H](OC(=O)COc5ccc6c7c(c(=O)oc6c5)CCC7)CC[C@]4(C)[C@@H]3CC[C@@]21C. The van der Waals surface area contributed by atoms with E-state index >= 15 is 0 Å². The molecule has 8 atom stereocenters. The Labute approximate surface area is 275 Å². The number of esters is 1. The normalized spacial score (nSPS) is 34.0. The smallest absolute Gasteiger partial charge is 0.344 e. The van der Waals surface area contributed by atoms with Gasteiger partial charge in [0.2, 0.25) is 0 Å². The van der Waals surface area contributed by atoms with E-state index in [4.69, 9.17) is 13.9 Å². The Balaban J connectivity index is 0.954. The molecule has 5 aliphatic rings. The van der Waals surface area contributed by atoms with Gasteiger partial charge in [0, 0.05) is 23.4 Å². The Bertz CT molecular complexity index is 1550. The van der Waals surface area contributed by atoms with Gasteiger partial charge in [0.15, 0.2) is 6.61 Å². The molecule has 5 heteroatoms. The van der Waals surface area contributed by atoms with Crippen LogP contribution in [0.3, 0.4) is 0 Å². The van der Waals surface area contributed by atoms with E-state index in [2.05, 4.69) is 40.7 Å². The van der Waals surface area contributed by atoms with Gasteiger partial charge >= 0.3 is 11.6 Å². The lowest BCUT2D eigenvalue weighted by Crippen LogP contribution is -2.51. The number of ether oxygens (including phenoxy) is 2. The second kappa shape index (κ2) is 12.5. The lowest BCUT2D eigenvalue weighted by atomic mass is 9.47. The quantitative estimate of drug-likeness (QED) is 0.157. The average Bonchev–Trinajstić information content (AvgIpc) is 3.65. The van der Waals surface area contributed by atoms with E-state index in [0.29, 0.717) is 16.7 Å². The van der Waals surface area contributed by atoms with Gasteiger partial charge in [0.05, 0.1) is 0 Å². The van der Waals surface area contributed by atoms with Crippen LogP contribution in [-0.2, 0) is 22.4 Å². The fourth-order valence-electron chi connectivity index (χ4n) is 11.5. The van der Waals surface area contributed by atoms with Gasteiger partial charge in [0.1, 0.15) is 17.4 Å². The highest BCUT2D eigenvalue weighted by atomic mass is 16.6. The standard InChI is InChI=1S/C41H56O5/c1-25(2)8-6-9-26(3)34-16-17-35-33-14-12-27-22-29(18-20-40(27,4)36(33)19-21-41(34,35)5)45-38(42)24-44-28-13-15-31-30-10-7-11-32(30)39(43)46-37(31)23-28/h12-13,15,23,25-26,29,33-36H,6-11,14,16-22,24H2,1-5H3/t26-,29+,33+,34+,35-,36-,40+,41-/m1/s1. The molecule has 2 aromatic rings. The van der Waals surface area contributed by atoms with Gasteiger partial charge in [-0.3, -0.25) is 0 Å². The van der Waals surface area contributed by atoms with Gasteiger partial charge in [0.25, 0.3) is 0 Å². The molecule has 1 heterocycles. The van der Waals surface area contributed by atoms with Crippen LogP contribution in [0.1, 0.15) is 123 Å². The summed E-state index contributed by atoms with van der Waals surface area (Å²) in [6.45, 7) is 12.3. The Hall–Kier alpha value is -2.56. The minimum absolute atomic E-state index is 0.0828. The second-order valence-electron chi connectivity index (χ2n) is 16.8. The first-order chi connectivity index (χ1) is 22.1. The summed E-state index contributed by atoms with van der Waals surface area (Å²) in [6, 6.07) is 5.54. The zero-order chi connectivity index (χ0) is 32.2. The number of carbonyl (C=O) groups excluding carboxylic acids is 1. The van der Waals surface area contributed by atoms with E-state index in [-0.39, 0.29) is 29.7 Å². The van der Waals surface area contributed by atoms with Crippen molar-refractivity contribution in [1.29, 1.82) is 0 Å². The Morgan fingerprint density at radius 3 is 2.65 bits per heavy atom. The molecule has 0 saturated heterocycles. The highest BCUT2D eigenvalue weighted by Crippen LogP contribution is 2.67. The van der Waals surface area contributed by atoms with E-state index in [1.807, 2.05) is 12.1 Å². The molecule has 250 valence electrons. The molecule has 5 aliphatic carbocycles. The number of hydrogen-bond acceptors (Lipinski definition) is 5. The first kappa shape index (κ1) is 32.0. The van der Waals surface area contributed by atoms with Crippen molar-refractivity contribution < 1.29 is 18.7 Å². The molecule has 3 saturated carbocycles. The van der Waals surface area contributed by atoms with Crippen LogP contribution < -0.4 is 10.4 Å². The topological polar surface area (TPSA) is 65.7 Å². The largest absolute Gasteiger partial charge is 0.482 e. The summed E-state index contributed by atoms with van der Waals surface area (Å²) >= 11 is 0. The van der Waals surface area contributed by atoms with Crippen molar-refractivity contribution in [3.63, 3.8) is 0 Å². The number of allylic oxidation sites excluding steroid dienone is 1. The van der Waals surface area contributed by atoms with Crippen LogP contribution in [0.25, 0.3) is 11.0 Å². The van der Waals surface area contributed by atoms with E-state index in [1.54, 1.807) is 6.07 Å². The maximum absolute atomic E-state index is 12.9. The van der Waals surface area contributed by atoms with Crippen LogP contribution in [0.4, 0.5) is 0 Å². The number of fused-ring (bicyclic) bond motifs is 8. The average molecular weight is 629 g/mol. The third-order valence-electron chi connectivity index (χ3n) is 13.9. The zero-order valence-electron chi connectivity index (χ0n) is 29.0. The third kappa shape index (κ3) is 5.66. The molecule has 0 unspecified atom stereocenters. The molecule has 46 heavy (non-hydrogen) atoms. The number of rotatable bonds is 9. The molecule has 3 fully saturated rings. The molecule has 0 N–H and O–H groups in total. The van der Waals surface area contributed by atoms with Crippen molar-refractivity contribution in [3.05, 3.63) is 51.4 Å². The second-order valence-corrected chi connectivity index (χ2v) is 16.8. The van der Waals surface area contributed by atoms with E-state index < -0.39 is 0 Å². The highest BCUT2D eigenvalue weighted by molar-refractivity contribution is 5.83. The van der Waals surface area contributed by atoms with Crippen molar-refractivity contribution in [1.82, 2.24) is 0 Å². The van der Waals surface area contributed by atoms with Crippen LogP contribution >= 0.6 is 0 Å². The fourth-order valence-corrected chi connectivity index (χ4v) is 11.5. The van der Waals surface area contributed by atoms with Crippen molar-refractivity contribution >= 4 is 16.9 Å². The molecule has 5 nitrogen and oxygen atoms in total. The molecule has 1 aromatic carbocycles. The first-order valence-corrected chi connectivity index (χ1v) is 18.7. The molecule has 0 aliphatic heterocycles. The fraction of sp³-hybridized carbons (Fsp3) is 0.707. The highest BCUT2D eigenvalue weighted by Gasteiger charge is 2.59. The van der Waals surface area contributed by atoms with Gasteiger partial charge in [-0.15, -0.1) is 0 Å². The van der Waals surface area contributed by atoms with Crippen molar-refractivity contribution in [2.24, 2.45) is 46.3 Å². The molecule has 7 rings (SSSR count). The maximum Gasteiger partial charge on any atom is 0.344 e. The molecule has 0 radical (unpaired) electrons. The van der Waals surface area contributed by atoms with E-state index in [0.717, 1.165) is 90.5 Å². The molecular formula is C41H56O5. The summed E-state index contributed by atoms with van der Waals surface area (Å²) in [7, 11) is 0. The lowest BCUT2D eigenvalue weighted by Gasteiger charge is -2.58. The van der Waals surface area contributed by atoms with E-state index in [9.17, 15) is 9.59 Å². The summed E-state index contributed by atoms with van der Waals surface area (Å²) in [5.41, 5.74) is 4.46. The summed E-state index contributed by atoms with van der Waals surface area (Å²) in [5, 5.41) is 0.970. The minimum atomic E-state index is -0.327. The molecule has 0 amide bonds. The Kier molecular flexibility index (Phi) is 8.68. The van der Waals surface area contributed by atoms with Crippen molar-refractivity contribution in [3.8, 4) is 5.75 Å². The van der Waals surface area contributed by atoms with Crippen molar-refractivity contribution in [2.75, 3.05) is 6.61 Å². The number of benzene rings is 1. The maximum atomic E-state index is 12.9. The van der Waals surface area contributed by atoms with Gasteiger partial charge in [-0.25, -0.2) is 9.59 Å². The number of aryl methyl sites for hydroxylation is 1. The van der Waals surface area contributed by atoms with Crippen molar-refractivity contribution in [2.45, 2.75) is 131 Å². The van der Waals surface area contributed by atoms with Crippen LogP contribution in [0.2, 0.25) is 0 Å². The number of hydrogen-bond donors (Lipinski definition) is 0. The molecule has 1 aromatic heterocycles. The van der Waals surface area contributed by atoms with Crippen LogP contribution in [0, 0.1) is 46.3 Å². The molecule has 0 spiro atoms. The third-order valence-corrected chi connectivity index (χ3v) is 13.9. The predicted molar refractivity (Wildman–Crippen MR) is 183 cm³/mol.